The highest BCUT2D eigenvalue weighted by Gasteiger charge is 2.17. The van der Waals surface area contributed by atoms with Gasteiger partial charge in [-0.2, -0.15) is 0 Å². The van der Waals surface area contributed by atoms with E-state index in [1.807, 2.05) is 12.1 Å². The molecular weight excluding hydrogens is 318 g/mol. The second-order valence-corrected chi connectivity index (χ2v) is 6.55. The van der Waals surface area contributed by atoms with Crippen LogP contribution < -0.4 is 15.5 Å². The summed E-state index contributed by atoms with van der Waals surface area (Å²) in [4.78, 5) is 18.8. The van der Waals surface area contributed by atoms with Crippen molar-refractivity contribution in [1.29, 1.82) is 0 Å². The number of nitrogens with zero attached hydrogens (tertiary/aromatic N) is 5. The highest BCUT2D eigenvalue weighted by molar-refractivity contribution is 5.89. The Morgan fingerprint density at radius 2 is 1.96 bits per heavy atom. The van der Waals surface area contributed by atoms with Crippen molar-refractivity contribution in [3.8, 4) is 0 Å². The van der Waals surface area contributed by atoms with Gasteiger partial charge in [-0.15, -0.1) is 10.2 Å². The molecule has 25 heavy (non-hydrogen) atoms. The van der Waals surface area contributed by atoms with Crippen LogP contribution in [0.3, 0.4) is 0 Å². The lowest BCUT2D eigenvalue weighted by atomic mass is 10.1. The molecule has 8 heteroatoms. The lowest BCUT2D eigenvalue weighted by Crippen LogP contribution is -2.30. The fourth-order valence-electron chi connectivity index (χ4n) is 3.45. The molecule has 0 aromatic carbocycles. The monoisotopic (exact) mass is 341 g/mol. The summed E-state index contributed by atoms with van der Waals surface area (Å²) in [6, 6.07) is 3.60. The maximum absolute atomic E-state index is 12.1. The quantitative estimate of drug-likeness (QED) is 0.887. The van der Waals surface area contributed by atoms with Crippen molar-refractivity contribution in [2.75, 3.05) is 23.3 Å². The SMILES string of the molecule is O=C(NCc1nnc2n1CCC2)Nc1ccc(N2CCCCC2)nc1. The molecule has 2 aromatic heterocycles. The van der Waals surface area contributed by atoms with Gasteiger partial charge < -0.3 is 20.1 Å². The maximum Gasteiger partial charge on any atom is 0.319 e. The molecule has 0 spiro atoms. The van der Waals surface area contributed by atoms with E-state index in [-0.39, 0.29) is 6.03 Å². The number of rotatable bonds is 4. The molecule has 0 bridgehead atoms. The van der Waals surface area contributed by atoms with E-state index in [0.29, 0.717) is 12.2 Å². The van der Waals surface area contributed by atoms with Crippen molar-refractivity contribution in [2.45, 2.75) is 45.2 Å². The molecule has 0 unspecified atom stereocenters. The number of hydrogen-bond donors (Lipinski definition) is 2. The minimum Gasteiger partial charge on any atom is -0.357 e. The topological polar surface area (TPSA) is 88.0 Å². The van der Waals surface area contributed by atoms with Crippen molar-refractivity contribution in [3.63, 3.8) is 0 Å². The molecule has 2 N–H and O–H groups in total. The highest BCUT2D eigenvalue weighted by atomic mass is 16.2. The number of amides is 2. The molecule has 2 amide bonds. The van der Waals surface area contributed by atoms with E-state index in [1.165, 1.54) is 19.3 Å². The van der Waals surface area contributed by atoms with Crippen molar-refractivity contribution in [2.24, 2.45) is 0 Å². The molecular formula is C17H23N7O. The van der Waals surface area contributed by atoms with Crippen LogP contribution in [0.15, 0.2) is 18.3 Å². The Bertz CT molecular complexity index is 734. The first-order valence-electron chi connectivity index (χ1n) is 8.96. The Hall–Kier alpha value is -2.64. The molecule has 132 valence electrons. The number of aryl methyl sites for hydroxylation is 1. The van der Waals surface area contributed by atoms with Crippen molar-refractivity contribution >= 4 is 17.5 Å². The first-order valence-corrected chi connectivity index (χ1v) is 8.96. The Morgan fingerprint density at radius 1 is 1.08 bits per heavy atom. The van der Waals surface area contributed by atoms with E-state index >= 15 is 0 Å². The van der Waals surface area contributed by atoms with Gasteiger partial charge in [-0.05, 0) is 37.8 Å². The van der Waals surface area contributed by atoms with Crippen LogP contribution in [0, 0.1) is 0 Å². The summed E-state index contributed by atoms with van der Waals surface area (Å²) in [5.74, 6) is 2.79. The van der Waals surface area contributed by atoms with Gasteiger partial charge >= 0.3 is 6.03 Å². The number of nitrogens with one attached hydrogen (secondary N) is 2. The first-order chi connectivity index (χ1) is 12.3. The van der Waals surface area contributed by atoms with Gasteiger partial charge in [-0.3, -0.25) is 0 Å². The number of carbonyl (C=O) groups excluding carboxylic acids is 1. The third-order valence-electron chi connectivity index (χ3n) is 4.78. The summed E-state index contributed by atoms with van der Waals surface area (Å²) in [5, 5.41) is 13.9. The summed E-state index contributed by atoms with van der Waals surface area (Å²) in [5.41, 5.74) is 0.685. The molecule has 8 nitrogen and oxygen atoms in total. The number of piperidine rings is 1. The zero-order valence-electron chi connectivity index (χ0n) is 14.2. The standard InChI is InChI=1S/C17H23N7O/c25-17(19-12-16-22-21-15-5-4-10-24(15)16)20-13-6-7-14(18-11-13)23-8-2-1-3-9-23/h6-7,11H,1-5,8-10,12H2,(H2,19,20,25). The van der Waals surface area contributed by atoms with E-state index in [2.05, 4.69) is 35.3 Å². The van der Waals surface area contributed by atoms with Gasteiger partial charge in [0.1, 0.15) is 11.6 Å². The predicted octanol–water partition coefficient (Wildman–Crippen LogP) is 1.93. The molecule has 0 saturated carbocycles. The summed E-state index contributed by atoms with van der Waals surface area (Å²) in [6.45, 7) is 3.42. The van der Waals surface area contributed by atoms with Gasteiger partial charge in [0.05, 0.1) is 18.4 Å². The van der Waals surface area contributed by atoms with Crippen LogP contribution in [0.1, 0.15) is 37.3 Å². The molecule has 2 aliphatic rings. The van der Waals surface area contributed by atoms with Gasteiger partial charge in [0.2, 0.25) is 0 Å². The Balaban J connectivity index is 1.30. The van der Waals surface area contributed by atoms with Crippen LogP contribution in [0.5, 0.6) is 0 Å². The molecule has 0 radical (unpaired) electrons. The summed E-state index contributed by atoms with van der Waals surface area (Å²) in [7, 11) is 0. The number of pyridine rings is 1. The second-order valence-electron chi connectivity index (χ2n) is 6.55. The summed E-state index contributed by atoms with van der Waals surface area (Å²) < 4.78 is 2.08. The van der Waals surface area contributed by atoms with Crippen molar-refractivity contribution < 1.29 is 4.79 Å². The summed E-state index contributed by atoms with van der Waals surface area (Å²) >= 11 is 0. The molecule has 2 aromatic rings. The van der Waals surface area contributed by atoms with E-state index in [0.717, 1.165) is 49.9 Å². The van der Waals surface area contributed by atoms with E-state index in [4.69, 9.17) is 0 Å². The number of fused-ring (bicyclic) bond motifs is 1. The lowest BCUT2D eigenvalue weighted by molar-refractivity contribution is 0.251. The average Bonchev–Trinajstić information content (AvgIpc) is 3.25. The zero-order chi connectivity index (χ0) is 17.1. The van der Waals surface area contributed by atoms with E-state index in [1.54, 1.807) is 6.20 Å². The molecule has 1 saturated heterocycles. The smallest absolute Gasteiger partial charge is 0.319 e. The largest absolute Gasteiger partial charge is 0.357 e. The van der Waals surface area contributed by atoms with Gasteiger partial charge in [0, 0.05) is 26.1 Å². The number of anilines is 2. The number of aromatic nitrogens is 4. The maximum atomic E-state index is 12.1. The minimum atomic E-state index is -0.261. The van der Waals surface area contributed by atoms with Crippen LogP contribution in [0.4, 0.5) is 16.3 Å². The normalized spacial score (nSPS) is 16.6. The van der Waals surface area contributed by atoms with E-state index in [9.17, 15) is 4.79 Å². The number of hydrogen-bond acceptors (Lipinski definition) is 5. The second kappa shape index (κ2) is 7.08. The molecule has 0 atom stereocenters. The van der Waals surface area contributed by atoms with Gasteiger partial charge in [-0.1, -0.05) is 0 Å². The Morgan fingerprint density at radius 3 is 2.76 bits per heavy atom. The van der Waals surface area contributed by atoms with Gasteiger partial charge in [-0.25, -0.2) is 9.78 Å². The first kappa shape index (κ1) is 15.9. The average molecular weight is 341 g/mol. The minimum absolute atomic E-state index is 0.261. The third-order valence-corrected chi connectivity index (χ3v) is 4.78. The van der Waals surface area contributed by atoms with Crippen LogP contribution in [-0.4, -0.2) is 38.9 Å². The highest BCUT2D eigenvalue weighted by Crippen LogP contribution is 2.19. The fraction of sp³-hybridized carbons (Fsp3) is 0.529. The van der Waals surface area contributed by atoms with Crippen molar-refractivity contribution in [3.05, 3.63) is 30.0 Å². The van der Waals surface area contributed by atoms with Crippen molar-refractivity contribution in [1.82, 2.24) is 25.1 Å². The van der Waals surface area contributed by atoms with Gasteiger partial charge in [0.25, 0.3) is 0 Å². The molecule has 2 aliphatic heterocycles. The van der Waals surface area contributed by atoms with Gasteiger partial charge in [0.15, 0.2) is 5.82 Å². The Labute approximate surface area is 146 Å². The molecule has 0 aliphatic carbocycles. The lowest BCUT2D eigenvalue weighted by Gasteiger charge is -2.27. The number of urea groups is 1. The van der Waals surface area contributed by atoms with E-state index < -0.39 is 0 Å². The van der Waals surface area contributed by atoms with Crippen LogP contribution in [0.2, 0.25) is 0 Å². The summed E-state index contributed by atoms with van der Waals surface area (Å²) in [6.07, 6.45) is 7.50. The molecule has 4 heterocycles. The predicted molar refractivity (Wildman–Crippen MR) is 94.5 cm³/mol. The van der Waals surface area contributed by atoms with Crippen LogP contribution >= 0.6 is 0 Å². The fourth-order valence-corrected chi connectivity index (χ4v) is 3.45. The van der Waals surface area contributed by atoms with Crippen LogP contribution in [0.25, 0.3) is 0 Å². The molecule has 1 fully saturated rings. The third kappa shape index (κ3) is 3.57. The zero-order valence-corrected chi connectivity index (χ0v) is 14.2. The molecule has 4 rings (SSSR count). The number of carbonyl (C=O) groups is 1. The van der Waals surface area contributed by atoms with Crippen LogP contribution in [-0.2, 0) is 19.5 Å². The Kier molecular flexibility index (Phi) is 4.49.